The molecule has 16 heavy (non-hydrogen) atoms. The van der Waals surface area contributed by atoms with Crippen LogP contribution in [0.1, 0.15) is 5.56 Å². The van der Waals surface area contributed by atoms with Crippen molar-refractivity contribution in [3.05, 3.63) is 32.5 Å². The van der Waals surface area contributed by atoms with E-state index in [-0.39, 0.29) is 5.57 Å². The lowest BCUT2D eigenvalue weighted by molar-refractivity contribution is -0.116. The predicted molar refractivity (Wildman–Crippen MR) is 67.3 cm³/mol. The maximum absolute atomic E-state index is 11.3. The van der Waals surface area contributed by atoms with Gasteiger partial charge in [0.1, 0.15) is 11.6 Å². The zero-order valence-electron chi connectivity index (χ0n) is 8.29. The maximum atomic E-state index is 11.3. The lowest BCUT2D eigenvalue weighted by atomic mass is 10.1. The Labute approximate surface area is 110 Å². The summed E-state index contributed by atoms with van der Waals surface area (Å²) in [5, 5.41) is 11.2. The van der Waals surface area contributed by atoms with Crippen LogP contribution in [0.15, 0.2) is 26.9 Å². The van der Waals surface area contributed by atoms with Crippen molar-refractivity contribution >= 4 is 43.8 Å². The molecule has 0 saturated carbocycles. The van der Waals surface area contributed by atoms with Gasteiger partial charge in [-0.15, -0.1) is 0 Å². The summed E-state index contributed by atoms with van der Waals surface area (Å²) in [6.45, 7) is 0. The molecule has 0 aliphatic heterocycles. The van der Waals surface area contributed by atoms with E-state index in [4.69, 9.17) is 5.26 Å². The highest BCUT2D eigenvalue weighted by Gasteiger charge is 2.09. The van der Waals surface area contributed by atoms with Gasteiger partial charge in [0.2, 0.25) is 0 Å². The summed E-state index contributed by atoms with van der Waals surface area (Å²) in [5.41, 5.74) is 0.741. The Morgan fingerprint density at radius 2 is 2.06 bits per heavy atom. The van der Waals surface area contributed by atoms with Crippen LogP contribution in [0, 0.1) is 11.3 Å². The van der Waals surface area contributed by atoms with Crippen molar-refractivity contribution < 1.29 is 4.79 Å². The molecule has 1 amide bonds. The third kappa shape index (κ3) is 2.90. The Bertz CT molecular complexity index is 471. The minimum Gasteiger partial charge on any atom is -0.354 e. The Morgan fingerprint density at radius 3 is 2.50 bits per heavy atom. The number of nitriles is 1. The first-order chi connectivity index (χ1) is 7.60. The number of hydrogen-bond acceptors (Lipinski definition) is 3. The van der Waals surface area contributed by atoms with Crippen LogP contribution in [0.3, 0.4) is 0 Å². The van der Waals surface area contributed by atoms with Gasteiger partial charge in [0.25, 0.3) is 5.91 Å². The molecule has 0 bridgehead atoms. The van der Waals surface area contributed by atoms with E-state index < -0.39 is 5.91 Å². The van der Waals surface area contributed by atoms with Crippen LogP contribution in [-0.2, 0) is 4.79 Å². The molecule has 6 heteroatoms. The lowest BCUT2D eigenvalue weighted by Crippen LogP contribution is -2.19. The van der Waals surface area contributed by atoms with Crippen molar-refractivity contribution in [1.82, 2.24) is 10.3 Å². The number of hydrogen-bond donors (Lipinski definition) is 1. The maximum Gasteiger partial charge on any atom is 0.261 e. The van der Waals surface area contributed by atoms with Gasteiger partial charge >= 0.3 is 0 Å². The molecule has 0 unspecified atom stereocenters. The summed E-state index contributed by atoms with van der Waals surface area (Å²) in [6.07, 6.45) is 4.68. The number of amides is 1. The number of halogens is 2. The fraction of sp³-hybridized carbons (Fsp3) is 0.100. The second-order valence-electron chi connectivity index (χ2n) is 2.77. The number of carbonyl (C=O) groups excluding carboxylic acids is 1. The first-order valence-corrected chi connectivity index (χ1v) is 5.81. The molecule has 0 spiro atoms. The van der Waals surface area contributed by atoms with Gasteiger partial charge in [-0.05, 0) is 37.9 Å². The van der Waals surface area contributed by atoms with E-state index in [0.717, 1.165) is 0 Å². The van der Waals surface area contributed by atoms with Gasteiger partial charge in [0.15, 0.2) is 0 Å². The second kappa shape index (κ2) is 5.77. The summed E-state index contributed by atoms with van der Waals surface area (Å²) in [7, 11) is 1.48. The highest BCUT2D eigenvalue weighted by Crippen LogP contribution is 2.26. The van der Waals surface area contributed by atoms with Crippen molar-refractivity contribution in [2.45, 2.75) is 0 Å². The van der Waals surface area contributed by atoms with E-state index in [9.17, 15) is 4.79 Å². The summed E-state index contributed by atoms with van der Waals surface area (Å²) in [6, 6.07) is 1.84. The minimum absolute atomic E-state index is 0.0371. The van der Waals surface area contributed by atoms with Gasteiger partial charge < -0.3 is 5.32 Å². The average molecular weight is 345 g/mol. The van der Waals surface area contributed by atoms with E-state index in [2.05, 4.69) is 42.2 Å². The van der Waals surface area contributed by atoms with Crippen molar-refractivity contribution in [1.29, 1.82) is 5.26 Å². The standard InChI is InChI=1S/C10H7Br2N3O/c1-14-10(16)6(3-13)2-7-8(11)4-15-5-9(7)12/h2,4-5H,1H3,(H,14,16)/b6-2+. The fourth-order valence-corrected chi connectivity index (χ4v) is 2.15. The zero-order chi connectivity index (χ0) is 12.1. The van der Waals surface area contributed by atoms with Crippen LogP contribution in [0.25, 0.3) is 6.08 Å². The summed E-state index contributed by atoms with van der Waals surface area (Å²) in [4.78, 5) is 15.3. The molecule has 1 aromatic rings. The first-order valence-electron chi connectivity index (χ1n) is 4.23. The van der Waals surface area contributed by atoms with Crippen LogP contribution in [0.4, 0.5) is 0 Å². The molecule has 4 nitrogen and oxygen atoms in total. The largest absolute Gasteiger partial charge is 0.354 e. The molecule has 1 aromatic heterocycles. The normalized spacial score (nSPS) is 10.8. The highest BCUT2D eigenvalue weighted by atomic mass is 79.9. The second-order valence-corrected chi connectivity index (χ2v) is 4.47. The lowest BCUT2D eigenvalue weighted by Gasteiger charge is -2.02. The van der Waals surface area contributed by atoms with E-state index in [0.29, 0.717) is 14.5 Å². The predicted octanol–water partition coefficient (Wildman–Crippen LogP) is 2.26. The molecule has 0 atom stereocenters. The van der Waals surface area contributed by atoms with Crippen molar-refractivity contribution in [2.75, 3.05) is 7.05 Å². The van der Waals surface area contributed by atoms with Gasteiger partial charge in [-0.2, -0.15) is 5.26 Å². The molecule has 0 aliphatic carbocycles. The SMILES string of the molecule is CNC(=O)/C(C#N)=C/c1c(Br)cncc1Br. The van der Waals surface area contributed by atoms with Gasteiger partial charge in [-0.25, -0.2) is 0 Å². The molecule has 0 aromatic carbocycles. The number of likely N-dealkylation sites (N-methyl/N-ethyl adjacent to an activating group) is 1. The van der Waals surface area contributed by atoms with Crippen LogP contribution in [-0.4, -0.2) is 17.9 Å². The van der Waals surface area contributed by atoms with E-state index >= 15 is 0 Å². The number of rotatable bonds is 2. The van der Waals surface area contributed by atoms with E-state index in [1.54, 1.807) is 12.4 Å². The van der Waals surface area contributed by atoms with E-state index in [1.165, 1.54) is 13.1 Å². The summed E-state index contributed by atoms with van der Waals surface area (Å²) in [5.74, 6) is -0.418. The Balaban J connectivity index is 3.25. The number of nitrogens with one attached hydrogen (secondary N) is 1. The molecule has 1 rings (SSSR count). The molecule has 0 aliphatic rings. The van der Waals surface area contributed by atoms with Crippen LogP contribution in [0.2, 0.25) is 0 Å². The zero-order valence-corrected chi connectivity index (χ0v) is 11.5. The van der Waals surface area contributed by atoms with Gasteiger partial charge in [-0.3, -0.25) is 9.78 Å². The highest BCUT2D eigenvalue weighted by molar-refractivity contribution is 9.11. The molecule has 82 valence electrons. The monoisotopic (exact) mass is 343 g/mol. The van der Waals surface area contributed by atoms with Crippen LogP contribution < -0.4 is 5.32 Å². The summed E-state index contributed by atoms with van der Waals surface area (Å²) >= 11 is 6.60. The Kier molecular flexibility index (Phi) is 4.65. The Hall–Kier alpha value is -1.19. The van der Waals surface area contributed by atoms with Crippen molar-refractivity contribution in [2.24, 2.45) is 0 Å². The fourth-order valence-electron chi connectivity index (χ4n) is 0.987. The van der Waals surface area contributed by atoms with Crippen molar-refractivity contribution in [3.8, 4) is 6.07 Å². The molecule has 0 saturated heterocycles. The van der Waals surface area contributed by atoms with Gasteiger partial charge in [0, 0.05) is 34.0 Å². The number of nitrogens with zero attached hydrogens (tertiary/aromatic N) is 2. The molecular formula is C10H7Br2N3O. The Morgan fingerprint density at radius 1 is 1.50 bits per heavy atom. The van der Waals surface area contributed by atoms with Crippen molar-refractivity contribution in [3.63, 3.8) is 0 Å². The molecule has 1 heterocycles. The van der Waals surface area contributed by atoms with Gasteiger partial charge in [-0.1, -0.05) is 0 Å². The molecular weight excluding hydrogens is 338 g/mol. The molecule has 0 fully saturated rings. The minimum atomic E-state index is -0.418. The van der Waals surface area contributed by atoms with Gasteiger partial charge in [0.05, 0.1) is 0 Å². The molecule has 1 N–H and O–H groups in total. The van der Waals surface area contributed by atoms with Crippen LogP contribution in [0.5, 0.6) is 0 Å². The quantitative estimate of drug-likeness (QED) is 0.661. The average Bonchev–Trinajstić information content (AvgIpc) is 2.28. The molecule has 0 radical (unpaired) electrons. The van der Waals surface area contributed by atoms with E-state index in [1.807, 2.05) is 6.07 Å². The summed E-state index contributed by atoms with van der Waals surface area (Å²) < 4.78 is 1.41. The number of carbonyl (C=O) groups is 1. The number of pyridine rings is 1. The topological polar surface area (TPSA) is 65.8 Å². The third-order valence-corrected chi connectivity index (χ3v) is 3.04. The smallest absolute Gasteiger partial charge is 0.261 e. The third-order valence-electron chi connectivity index (χ3n) is 1.77. The van der Waals surface area contributed by atoms with Crippen LogP contribution >= 0.6 is 31.9 Å². The number of aromatic nitrogens is 1. The first kappa shape index (κ1) is 12.9.